The molecule has 3 heterocycles. The molecular formula is C13H17N3S2. The monoisotopic (exact) mass is 279 g/mol. The lowest BCUT2D eigenvalue weighted by atomic mass is 10.1. The van der Waals surface area contributed by atoms with Crippen molar-refractivity contribution in [3.05, 3.63) is 29.3 Å². The van der Waals surface area contributed by atoms with Gasteiger partial charge in [0, 0.05) is 23.9 Å². The maximum atomic E-state index is 4.18. The van der Waals surface area contributed by atoms with Crippen molar-refractivity contribution in [1.82, 2.24) is 15.5 Å². The third kappa shape index (κ3) is 2.79. The van der Waals surface area contributed by atoms with E-state index in [1.165, 1.54) is 40.5 Å². The van der Waals surface area contributed by atoms with Gasteiger partial charge in [-0.05, 0) is 30.0 Å². The van der Waals surface area contributed by atoms with Crippen LogP contribution in [0.25, 0.3) is 10.6 Å². The number of nitrogens with zero attached hydrogens (tertiary/aromatic N) is 1. The highest BCUT2D eigenvalue weighted by atomic mass is 32.2. The molecule has 1 unspecified atom stereocenters. The Balaban J connectivity index is 1.64. The summed E-state index contributed by atoms with van der Waals surface area (Å²) in [6, 6.07) is 4.88. The number of hydrogen-bond acceptors (Lipinski definition) is 4. The maximum absolute atomic E-state index is 4.18. The Morgan fingerprint density at radius 1 is 1.50 bits per heavy atom. The highest BCUT2D eigenvalue weighted by Crippen LogP contribution is 2.26. The smallest absolute Gasteiger partial charge is 0.0794 e. The highest BCUT2D eigenvalue weighted by molar-refractivity contribution is 7.99. The molecule has 0 aliphatic carbocycles. The lowest BCUT2D eigenvalue weighted by Crippen LogP contribution is -2.33. The van der Waals surface area contributed by atoms with Crippen molar-refractivity contribution >= 4 is 23.1 Å². The number of aromatic amines is 1. The average molecular weight is 279 g/mol. The van der Waals surface area contributed by atoms with E-state index in [1.807, 2.05) is 6.20 Å². The largest absolute Gasteiger partial charge is 0.309 e. The summed E-state index contributed by atoms with van der Waals surface area (Å²) in [5, 5.41) is 13.0. The molecule has 5 heteroatoms. The molecule has 1 atom stereocenters. The second-order valence-corrected chi connectivity index (χ2v) is 6.64. The molecule has 3 nitrogen and oxygen atoms in total. The number of rotatable bonds is 4. The van der Waals surface area contributed by atoms with Gasteiger partial charge in [-0.15, -0.1) is 11.3 Å². The first kappa shape index (κ1) is 12.3. The van der Waals surface area contributed by atoms with E-state index in [4.69, 9.17) is 0 Å². The van der Waals surface area contributed by atoms with Crippen LogP contribution in [0.1, 0.15) is 18.4 Å². The predicted octanol–water partition coefficient (Wildman–Crippen LogP) is 3.12. The summed E-state index contributed by atoms with van der Waals surface area (Å²) in [5.74, 6) is 2.57. The van der Waals surface area contributed by atoms with Crippen LogP contribution in [0.5, 0.6) is 0 Å². The van der Waals surface area contributed by atoms with Gasteiger partial charge in [0.15, 0.2) is 0 Å². The standard InChI is InChI=1S/C13H17N3S2/c1-3-11(9-17-5-1)14-7-10-8-15-16-13(10)12-4-2-6-18-12/h2,4,6,8,11,14H,1,3,5,7,9H2,(H,15,16). The highest BCUT2D eigenvalue weighted by Gasteiger charge is 2.14. The van der Waals surface area contributed by atoms with E-state index in [1.54, 1.807) is 11.3 Å². The van der Waals surface area contributed by atoms with Crippen molar-refractivity contribution in [2.24, 2.45) is 0 Å². The Kier molecular flexibility index (Phi) is 4.02. The molecule has 1 aliphatic rings. The van der Waals surface area contributed by atoms with Gasteiger partial charge < -0.3 is 5.32 Å². The summed E-state index contributed by atoms with van der Waals surface area (Å²) in [6.07, 6.45) is 4.59. The molecule has 2 aromatic rings. The molecule has 0 spiro atoms. The third-order valence-electron chi connectivity index (χ3n) is 3.23. The molecule has 1 aliphatic heterocycles. The van der Waals surface area contributed by atoms with E-state index >= 15 is 0 Å². The van der Waals surface area contributed by atoms with E-state index in [-0.39, 0.29) is 0 Å². The number of nitrogens with one attached hydrogen (secondary N) is 2. The van der Waals surface area contributed by atoms with Crippen LogP contribution in [0.2, 0.25) is 0 Å². The fourth-order valence-corrected chi connectivity index (χ4v) is 4.10. The molecule has 1 fully saturated rings. The van der Waals surface area contributed by atoms with Crippen molar-refractivity contribution in [1.29, 1.82) is 0 Å². The van der Waals surface area contributed by atoms with Crippen LogP contribution in [0, 0.1) is 0 Å². The Hall–Kier alpha value is -0.780. The normalized spacial score (nSPS) is 20.1. The summed E-state index contributed by atoms with van der Waals surface area (Å²) in [6.45, 7) is 0.912. The zero-order valence-corrected chi connectivity index (χ0v) is 11.8. The topological polar surface area (TPSA) is 40.7 Å². The molecule has 0 aromatic carbocycles. The fourth-order valence-electron chi connectivity index (χ4n) is 2.24. The number of aromatic nitrogens is 2. The molecule has 0 bridgehead atoms. The van der Waals surface area contributed by atoms with Gasteiger partial charge in [0.2, 0.25) is 0 Å². The van der Waals surface area contributed by atoms with E-state index in [9.17, 15) is 0 Å². The van der Waals surface area contributed by atoms with Gasteiger partial charge in [-0.2, -0.15) is 16.9 Å². The van der Waals surface area contributed by atoms with Crippen molar-refractivity contribution < 1.29 is 0 Å². The van der Waals surface area contributed by atoms with Crippen LogP contribution in [0.15, 0.2) is 23.7 Å². The SMILES string of the molecule is c1csc(-c2[nH]ncc2CNC2CCCSC2)c1. The molecule has 96 valence electrons. The Morgan fingerprint density at radius 2 is 2.50 bits per heavy atom. The minimum absolute atomic E-state index is 0.662. The molecule has 3 rings (SSSR count). The van der Waals surface area contributed by atoms with Crippen molar-refractivity contribution in [2.45, 2.75) is 25.4 Å². The van der Waals surface area contributed by atoms with E-state index in [0.29, 0.717) is 6.04 Å². The lowest BCUT2D eigenvalue weighted by molar-refractivity contribution is 0.508. The predicted molar refractivity (Wildman–Crippen MR) is 79.1 cm³/mol. The number of thiophene rings is 1. The molecular weight excluding hydrogens is 262 g/mol. The Bertz CT molecular complexity index is 472. The van der Waals surface area contributed by atoms with Crippen LogP contribution >= 0.6 is 23.1 Å². The quantitative estimate of drug-likeness (QED) is 0.903. The summed E-state index contributed by atoms with van der Waals surface area (Å²) < 4.78 is 0. The third-order valence-corrected chi connectivity index (χ3v) is 5.33. The van der Waals surface area contributed by atoms with Crippen LogP contribution in [-0.4, -0.2) is 27.7 Å². The first-order valence-electron chi connectivity index (χ1n) is 6.31. The Labute approximate surface area is 115 Å². The molecule has 2 aromatic heterocycles. The molecule has 0 radical (unpaired) electrons. The van der Waals surface area contributed by atoms with E-state index in [2.05, 4.69) is 44.8 Å². The zero-order valence-electron chi connectivity index (χ0n) is 10.2. The number of hydrogen-bond donors (Lipinski definition) is 2. The van der Waals surface area contributed by atoms with E-state index < -0.39 is 0 Å². The fraction of sp³-hybridized carbons (Fsp3) is 0.462. The van der Waals surface area contributed by atoms with Gasteiger partial charge in [0.25, 0.3) is 0 Å². The average Bonchev–Trinajstić information content (AvgIpc) is 3.08. The molecule has 1 saturated heterocycles. The molecule has 2 N–H and O–H groups in total. The van der Waals surface area contributed by atoms with Gasteiger partial charge in [-0.1, -0.05) is 6.07 Å². The van der Waals surface area contributed by atoms with Crippen molar-refractivity contribution in [2.75, 3.05) is 11.5 Å². The first-order valence-corrected chi connectivity index (χ1v) is 8.34. The van der Waals surface area contributed by atoms with E-state index in [0.717, 1.165) is 6.54 Å². The van der Waals surface area contributed by atoms with Gasteiger partial charge in [-0.25, -0.2) is 0 Å². The first-order chi connectivity index (χ1) is 8.93. The van der Waals surface area contributed by atoms with Crippen LogP contribution < -0.4 is 5.32 Å². The van der Waals surface area contributed by atoms with Crippen LogP contribution in [0.3, 0.4) is 0 Å². The van der Waals surface area contributed by atoms with Crippen molar-refractivity contribution in [3.63, 3.8) is 0 Å². The summed E-state index contributed by atoms with van der Waals surface area (Å²) in [5.41, 5.74) is 2.44. The van der Waals surface area contributed by atoms with Crippen molar-refractivity contribution in [3.8, 4) is 10.6 Å². The minimum Gasteiger partial charge on any atom is -0.309 e. The maximum Gasteiger partial charge on any atom is 0.0794 e. The summed E-state index contributed by atoms with van der Waals surface area (Å²) in [4.78, 5) is 1.27. The molecule has 0 amide bonds. The van der Waals surface area contributed by atoms with Gasteiger partial charge in [0.1, 0.15) is 0 Å². The summed E-state index contributed by atoms with van der Waals surface area (Å²) >= 11 is 3.81. The van der Waals surface area contributed by atoms with Crippen LogP contribution in [-0.2, 0) is 6.54 Å². The van der Waals surface area contributed by atoms with Gasteiger partial charge >= 0.3 is 0 Å². The second kappa shape index (κ2) is 5.91. The second-order valence-electron chi connectivity index (χ2n) is 4.54. The molecule has 18 heavy (non-hydrogen) atoms. The van der Waals surface area contributed by atoms with Crippen LogP contribution in [0.4, 0.5) is 0 Å². The van der Waals surface area contributed by atoms with Gasteiger partial charge in [-0.3, -0.25) is 5.10 Å². The summed E-state index contributed by atoms with van der Waals surface area (Å²) in [7, 11) is 0. The Morgan fingerprint density at radius 3 is 3.28 bits per heavy atom. The lowest BCUT2D eigenvalue weighted by Gasteiger charge is -2.22. The molecule has 0 saturated carbocycles. The number of H-pyrrole nitrogens is 1. The number of thioether (sulfide) groups is 1. The zero-order chi connectivity index (χ0) is 12.2. The van der Waals surface area contributed by atoms with Gasteiger partial charge in [0.05, 0.1) is 16.8 Å². The minimum atomic E-state index is 0.662.